The van der Waals surface area contributed by atoms with Crippen molar-refractivity contribution < 1.29 is 4.42 Å². The quantitative estimate of drug-likeness (QED) is 0.896. The van der Waals surface area contributed by atoms with Crippen LogP contribution in [0.2, 0.25) is 0 Å². The van der Waals surface area contributed by atoms with Crippen LogP contribution in [0.5, 0.6) is 0 Å². The van der Waals surface area contributed by atoms with Crippen LogP contribution in [0.15, 0.2) is 22.1 Å². The van der Waals surface area contributed by atoms with Crippen molar-refractivity contribution in [2.75, 3.05) is 6.54 Å². The van der Waals surface area contributed by atoms with Gasteiger partial charge in [0.05, 0.1) is 17.0 Å². The van der Waals surface area contributed by atoms with Gasteiger partial charge in [-0.3, -0.25) is 0 Å². The van der Waals surface area contributed by atoms with Crippen LogP contribution < -0.4 is 5.32 Å². The lowest BCUT2D eigenvalue weighted by Crippen LogP contribution is -2.22. The lowest BCUT2D eigenvalue weighted by atomic mass is 9.93. The first-order valence-corrected chi connectivity index (χ1v) is 8.01. The highest BCUT2D eigenvalue weighted by Gasteiger charge is 2.20. The second-order valence-corrected chi connectivity index (χ2v) is 7.12. The molecule has 0 aliphatic rings. The van der Waals surface area contributed by atoms with E-state index < -0.39 is 0 Å². The molecule has 2 rings (SSSR count). The Balaban J connectivity index is 2.14. The molecule has 3 nitrogen and oxygen atoms in total. The highest BCUT2D eigenvalue weighted by atomic mass is 32.1. The van der Waals surface area contributed by atoms with Gasteiger partial charge in [0.15, 0.2) is 0 Å². The van der Waals surface area contributed by atoms with Crippen molar-refractivity contribution in [3.8, 4) is 0 Å². The first-order chi connectivity index (χ1) is 9.40. The molecule has 2 heterocycles. The van der Waals surface area contributed by atoms with Gasteiger partial charge in [-0.2, -0.15) is 0 Å². The number of likely N-dealkylation sites (N-methyl/N-ethyl adjacent to an activating group) is 1. The first-order valence-electron chi connectivity index (χ1n) is 7.13. The van der Waals surface area contributed by atoms with Gasteiger partial charge in [0, 0.05) is 28.8 Å². The van der Waals surface area contributed by atoms with Crippen molar-refractivity contribution in [2.24, 2.45) is 0 Å². The van der Waals surface area contributed by atoms with Crippen molar-refractivity contribution in [1.29, 1.82) is 0 Å². The Labute approximate surface area is 125 Å². The largest absolute Gasteiger partial charge is 0.469 e. The monoisotopic (exact) mass is 292 g/mol. The summed E-state index contributed by atoms with van der Waals surface area (Å²) in [6.07, 6.45) is 2.76. The van der Waals surface area contributed by atoms with E-state index in [4.69, 9.17) is 9.40 Å². The van der Waals surface area contributed by atoms with E-state index >= 15 is 0 Å². The molecule has 1 N–H and O–H groups in total. The molecule has 1 unspecified atom stereocenters. The molecule has 0 bridgehead atoms. The summed E-state index contributed by atoms with van der Waals surface area (Å²) in [5.74, 6) is 0.956. The molecule has 0 aliphatic carbocycles. The third-order valence-electron chi connectivity index (χ3n) is 3.30. The zero-order chi connectivity index (χ0) is 14.8. The van der Waals surface area contributed by atoms with Gasteiger partial charge in [0.25, 0.3) is 0 Å². The maximum Gasteiger partial charge on any atom is 0.101 e. The standard InChI is InChI=1S/C16H24N2OS/c1-6-17-13(12-7-11(2)19-9-12)8-15-18-14(10-20-15)16(3,4)5/h7,9-10,13,17H,6,8H2,1-5H3. The molecule has 0 aliphatic heterocycles. The van der Waals surface area contributed by atoms with Gasteiger partial charge in [-0.1, -0.05) is 27.7 Å². The number of nitrogens with one attached hydrogen (secondary N) is 1. The Kier molecular flexibility index (Phi) is 4.66. The number of hydrogen-bond donors (Lipinski definition) is 1. The second kappa shape index (κ2) is 6.10. The van der Waals surface area contributed by atoms with Gasteiger partial charge in [-0.15, -0.1) is 11.3 Å². The Morgan fingerprint density at radius 3 is 2.65 bits per heavy atom. The molecule has 4 heteroatoms. The summed E-state index contributed by atoms with van der Waals surface area (Å²) < 4.78 is 5.43. The first kappa shape index (κ1) is 15.3. The van der Waals surface area contributed by atoms with Crippen LogP contribution in [0, 0.1) is 6.92 Å². The van der Waals surface area contributed by atoms with Crippen LogP contribution >= 0.6 is 11.3 Å². The lowest BCUT2D eigenvalue weighted by Gasteiger charge is -2.16. The molecule has 1 atom stereocenters. The molecule has 2 aromatic rings. The summed E-state index contributed by atoms with van der Waals surface area (Å²) in [4.78, 5) is 4.78. The van der Waals surface area contributed by atoms with Crippen molar-refractivity contribution in [1.82, 2.24) is 10.3 Å². The summed E-state index contributed by atoms with van der Waals surface area (Å²) in [6.45, 7) is 11.6. The number of rotatable bonds is 5. The van der Waals surface area contributed by atoms with Gasteiger partial charge in [-0.25, -0.2) is 4.98 Å². The Hall–Kier alpha value is -1.13. The second-order valence-electron chi connectivity index (χ2n) is 6.18. The number of aromatic nitrogens is 1. The average Bonchev–Trinajstić information content (AvgIpc) is 2.96. The van der Waals surface area contributed by atoms with E-state index in [0.717, 1.165) is 18.7 Å². The number of hydrogen-bond acceptors (Lipinski definition) is 4. The van der Waals surface area contributed by atoms with E-state index in [2.05, 4.69) is 44.5 Å². The zero-order valence-corrected chi connectivity index (χ0v) is 13.8. The van der Waals surface area contributed by atoms with Crippen LogP contribution in [0.1, 0.15) is 55.8 Å². The van der Waals surface area contributed by atoms with Gasteiger partial charge in [0.2, 0.25) is 0 Å². The fourth-order valence-electron chi connectivity index (χ4n) is 2.12. The lowest BCUT2D eigenvalue weighted by molar-refractivity contribution is 0.509. The smallest absolute Gasteiger partial charge is 0.101 e. The Morgan fingerprint density at radius 2 is 2.15 bits per heavy atom. The SMILES string of the molecule is CCNC(Cc1nc(C(C)(C)C)cs1)c1coc(C)c1. The van der Waals surface area contributed by atoms with Crippen molar-refractivity contribution >= 4 is 11.3 Å². The topological polar surface area (TPSA) is 38.1 Å². The highest BCUT2D eigenvalue weighted by molar-refractivity contribution is 7.09. The molecular weight excluding hydrogens is 268 g/mol. The van der Waals surface area contributed by atoms with Crippen molar-refractivity contribution in [3.63, 3.8) is 0 Å². The van der Waals surface area contributed by atoms with Gasteiger partial charge < -0.3 is 9.73 Å². The third kappa shape index (κ3) is 3.70. The van der Waals surface area contributed by atoms with Crippen molar-refractivity contribution in [2.45, 2.75) is 52.5 Å². The molecule has 0 aromatic carbocycles. The Morgan fingerprint density at radius 1 is 1.40 bits per heavy atom. The minimum Gasteiger partial charge on any atom is -0.469 e. The summed E-state index contributed by atoms with van der Waals surface area (Å²) >= 11 is 1.75. The zero-order valence-electron chi connectivity index (χ0n) is 13.0. The van der Waals surface area contributed by atoms with Crippen LogP contribution in [0.25, 0.3) is 0 Å². The number of nitrogens with zero attached hydrogens (tertiary/aromatic N) is 1. The number of aryl methyl sites for hydroxylation is 1. The number of furan rings is 1. The van der Waals surface area contributed by atoms with Crippen LogP contribution in [0.4, 0.5) is 0 Å². The normalized spacial score (nSPS) is 13.7. The van der Waals surface area contributed by atoms with E-state index in [-0.39, 0.29) is 11.5 Å². The van der Waals surface area contributed by atoms with Crippen LogP contribution in [0.3, 0.4) is 0 Å². The van der Waals surface area contributed by atoms with Crippen LogP contribution in [-0.2, 0) is 11.8 Å². The maximum absolute atomic E-state index is 5.43. The third-order valence-corrected chi connectivity index (χ3v) is 4.17. The maximum atomic E-state index is 5.43. The van der Waals surface area contributed by atoms with E-state index in [1.54, 1.807) is 11.3 Å². The van der Waals surface area contributed by atoms with E-state index in [1.807, 2.05) is 13.2 Å². The molecule has 0 spiro atoms. The molecule has 0 fully saturated rings. The van der Waals surface area contributed by atoms with E-state index in [1.165, 1.54) is 16.3 Å². The summed E-state index contributed by atoms with van der Waals surface area (Å²) in [7, 11) is 0. The van der Waals surface area contributed by atoms with Crippen LogP contribution in [-0.4, -0.2) is 11.5 Å². The number of thiazole rings is 1. The van der Waals surface area contributed by atoms with Gasteiger partial charge in [0.1, 0.15) is 5.76 Å². The molecular formula is C16H24N2OS. The molecule has 0 saturated heterocycles. The molecule has 110 valence electrons. The Bertz CT molecular complexity index is 551. The van der Waals surface area contributed by atoms with E-state index in [9.17, 15) is 0 Å². The highest BCUT2D eigenvalue weighted by Crippen LogP contribution is 2.27. The minimum absolute atomic E-state index is 0.120. The fraction of sp³-hybridized carbons (Fsp3) is 0.562. The fourth-order valence-corrected chi connectivity index (χ4v) is 3.19. The molecule has 0 amide bonds. The predicted molar refractivity (Wildman–Crippen MR) is 84.4 cm³/mol. The minimum atomic E-state index is 0.120. The molecule has 0 saturated carbocycles. The molecule has 0 radical (unpaired) electrons. The average molecular weight is 292 g/mol. The summed E-state index contributed by atoms with van der Waals surface area (Å²) in [5.41, 5.74) is 2.50. The summed E-state index contributed by atoms with van der Waals surface area (Å²) in [6, 6.07) is 2.38. The van der Waals surface area contributed by atoms with Gasteiger partial charge >= 0.3 is 0 Å². The predicted octanol–water partition coefficient (Wildman–Crippen LogP) is 4.24. The van der Waals surface area contributed by atoms with Crippen molar-refractivity contribution in [3.05, 3.63) is 39.7 Å². The van der Waals surface area contributed by atoms with E-state index in [0.29, 0.717) is 0 Å². The molecule has 20 heavy (non-hydrogen) atoms. The van der Waals surface area contributed by atoms with Gasteiger partial charge in [-0.05, 0) is 19.5 Å². The summed E-state index contributed by atoms with van der Waals surface area (Å²) in [5, 5.41) is 6.88. The molecule has 2 aromatic heterocycles.